The summed E-state index contributed by atoms with van der Waals surface area (Å²) in [5.41, 5.74) is 0.692. The van der Waals surface area contributed by atoms with Gasteiger partial charge in [-0.2, -0.15) is 13.5 Å². The molecule has 26 heavy (non-hydrogen) atoms. The van der Waals surface area contributed by atoms with Crippen LogP contribution in [-0.2, 0) is 10.0 Å². The summed E-state index contributed by atoms with van der Waals surface area (Å²) in [6.07, 6.45) is 1.41. The molecule has 0 bridgehead atoms. The summed E-state index contributed by atoms with van der Waals surface area (Å²) < 4.78 is 30.0. The Hall–Kier alpha value is -2.83. The number of rotatable bonds is 6. The minimum Gasteiger partial charge on any atom is -0.457 e. The molecule has 0 fully saturated rings. The Morgan fingerprint density at radius 1 is 0.885 bits per heavy atom. The number of nitrogens with one attached hydrogen (secondary N) is 1. The molecule has 0 saturated carbocycles. The van der Waals surface area contributed by atoms with E-state index in [0.29, 0.717) is 22.1 Å². The lowest BCUT2D eigenvalue weighted by Gasteiger charge is -2.06. The second kappa shape index (κ2) is 8.03. The number of para-hydroxylation sites is 1. The molecule has 0 heterocycles. The van der Waals surface area contributed by atoms with Crippen LogP contribution < -0.4 is 9.57 Å². The molecule has 0 aromatic heterocycles. The van der Waals surface area contributed by atoms with Crippen molar-refractivity contribution in [2.45, 2.75) is 4.90 Å². The number of nitrogens with zero attached hydrogens (tertiary/aromatic N) is 1. The van der Waals surface area contributed by atoms with Crippen LogP contribution in [0.15, 0.2) is 88.9 Å². The third-order valence-electron chi connectivity index (χ3n) is 3.35. The van der Waals surface area contributed by atoms with Crippen molar-refractivity contribution in [3.63, 3.8) is 0 Å². The average Bonchev–Trinajstić information content (AvgIpc) is 2.63. The number of hydrogen-bond donors (Lipinski definition) is 1. The van der Waals surface area contributed by atoms with Crippen molar-refractivity contribution in [3.8, 4) is 11.5 Å². The zero-order valence-corrected chi connectivity index (χ0v) is 15.1. The van der Waals surface area contributed by atoms with Gasteiger partial charge in [0, 0.05) is 5.02 Å². The maximum Gasteiger partial charge on any atom is 0.276 e. The van der Waals surface area contributed by atoms with E-state index in [0.717, 1.165) is 0 Å². The highest BCUT2D eigenvalue weighted by molar-refractivity contribution is 7.89. The van der Waals surface area contributed by atoms with Gasteiger partial charge < -0.3 is 4.74 Å². The minimum absolute atomic E-state index is 0.0835. The van der Waals surface area contributed by atoms with Crippen molar-refractivity contribution >= 4 is 27.8 Å². The predicted molar refractivity (Wildman–Crippen MR) is 102 cm³/mol. The van der Waals surface area contributed by atoms with Gasteiger partial charge in [0.2, 0.25) is 0 Å². The molecule has 0 atom stereocenters. The summed E-state index contributed by atoms with van der Waals surface area (Å²) in [6.45, 7) is 0. The molecule has 7 heteroatoms. The zero-order valence-electron chi connectivity index (χ0n) is 13.5. The van der Waals surface area contributed by atoms with Gasteiger partial charge in [0.1, 0.15) is 11.5 Å². The lowest BCUT2D eigenvalue weighted by molar-refractivity contribution is 0.482. The lowest BCUT2D eigenvalue weighted by Crippen LogP contribution is -2.18. The first-order valence-corrected chi connectivity index (χ1v) is 9.52. The largest absolute Gasteiger partial charge is 0.457 e. The Morgan fingerprint density at radius 3 is 2.31 bits per heavy atom. The van der Waals surface area contributed by atoms with E-state index >= 15 is 0 Å². The summed E-state index contributed by atoms with van der Waals surface area (Å²) in [5.74, 6) is 1.34. The molecule has 0 unspecified atom stereocenters. The van der Waals surface area contributed by atoms with Gasteiger partial charge in [0.05, 0.1) is 11.1 Å². The molecule has 0 aliphatic carbocycles. The summed E-state index contributed by atoms with van der Waals surface area (Å²) in [4.78, 5) is 2.25. The van der Waals surface area contributed by atoms with E-state index in [4.69, 9.17) is 16.3 Å². The number of sulfonamides is 1. The van der Waals surface area contributed by atoms with Crippen LogP contribution in [0.25, 0.3) is 0 Å². The van der Waals surface area contributed by atoms with E-state index in [-0.39, 0.29) is 4.90 Å². The van der Waals surface area contributed by atoms with Crippen molar-refractivity contribution < 1.29 is 13.2 Å². The molecule has 1 N–H and O–H groups in total. The Labute approximate surface area is 157 Å². The normalized spacial score (nSPS) is 11.4. The first kappa shape index (κ1) is 18.0. The van der Waals surface area contributed by atoms with Crippen LogP contribution in [0.3, 0.4) is 0 Å². The monoisotopic (exact) mass is 386 g/mol. The van der Waals surface area contributed by atoms with Crippen LogP contribution >= 0.6 is 11.6 Å². The fraction of sp³-hybridized carbons (Fsp3) is 0. The SMILES string of the molecule is O=S(=O)(NN=Cc1cccc(Oc2ccccc2)c1)c1ccc(Cl)cc1. The van der Waals surface area contributed by atoms with Gasteiger partial charge in [-0.1, -0.05) is 41.9 Å². The number of halogens is 1. The second-order valence-corrected chi connectivity index (χ2v) is 7.39. The standard InChI is InChI=1S/C19H15ClN2O3S/c20-16-9-11-19(12-10-16)26(23,24)22-21-14-15-5-4-8-18(13-15)25-17-6-2-1-3-7-17/h1-14,22H. The van der Waals surface area contributed by atoms with Gasteiger partial charge in [-0.3, -0.25) is 0 Å². The Morgan fingerprint density at radius 2 is 1.58 bits per heavy atom. The Balaban J connectivity index is 1.68. The maximum absolute atomic E-state index is 12.1. The molecule has 5 nitrogen and oxygen atoms in total. The molecule has 0 saturated heterocycles. The Bertz CT molecular complexity index is 1000. The maximum atomic E-state index is 12.1. The molecule has 0 spiro atoms. The molecular formula is C19H15ClN2O3S. The third-order valence-corrected chi connectivity index (χ3v) is 4.84. The van der Waals surface area contributed by atoms with Crippen LogP contribution in [0.5, 0.6) is 11.5 Å². The fourth-order valence-corrected chi connectivity index (χ4v) is 3.04. The van der Waals surface area contributed by atoms with E-state index in [2.05, 4.69) is 9.93 Å². The third kappa shape index (κ3) is 4.84. The first-order chi connectivity index (χ1) is 12.5. The smallest absolute Gasteiger partial charge is 0.276 e. The van der Waals surface area contributed by atoms with E-state index in [9.17, 15) is 8.42 Å². The molecule has 3 aromatic carbocycles. The fourth-order valence-electron chi connectivity index (χ4n) is 2.12. The zero-order chi connectivity index (χ0) is 18.4. The molecule has 3 rings (SSSR count). The minimum atomic E-state index is -3.74. The van der Waals surface area contributed by atoms with Crippen molar-refractivity contribution in [1.82, 2.24) is 4.83 Å². The quantitative estimate of drug-likeness (QED) is 0.503. The molecule has 0 radical (unpaired) electrons. The second-order valence-electron chi connectivity index (χ2n) is 5.29. The summed E-state index contributed by atoms with van der Waals surface area (Å²) in [6, 6.07) is 22.3. The summed E-state index contributed by atoms with van der Waals surface area (Å²) >= 11 is 5.76. The van der Waals surface area contributed by atoms with Crippen LogP contribution in [0.4, 0.5) is 0 Å². The van der Waals surface area contributed by atoms with Crippen molar-refractivity contribution in [3.05, 3.63) is 89.4 Å². The van der Waals surface area contributed by atoms with E-state index in [1.54, 1.807) is 18.2 Å². The van der Waals surface area contributed by atoms with Crippen LogP contribution in [0, 0.1) is 0 Å². The molecule has 132 valence electrons. The van der Waals surface area contributed by atoms with Gasteiger partial charge in [-0.25, -0.2) is 4.83 Å². The number of hydrazone groups is 1. The van der Waals surface area contributed by atoms with Gasteiger partial charge in [-0.05, 0) is 54.1 Å². The van der Waals surface area contributed by atoms with Crippen LogP contribution in [0.1, 0.15) is 5.56 Å². The van der Waals surface area contributed by atoms with Gasteiger partial charge >= 0.3 is 0 Å². The lowest BCUT2D eigenvalue weighted by atomic mass is 10.2. The van der Waals surface area contributed by atoms with Crippen LogP contribution in [-0.4, -0.2) is 14.6 Å². The number of ether oxygens (including phenoxy) is 1. The van der Waals surface area contributed by atoms with Crippen molar-refractivity contribution in [2.75, 3.05) is 0 Å². The highest BCUT2D eigenvalue weighted by atomic mass is 35.5. The molecule has 0 aliphatic rings. The van der Waals surface area contributed by atoms with Crippen molar-refractivity contribution in [2.24, 2.45) is 5.10 Å². The number of benzene rings is 3. The van der Waals surface area contributed by atoms with E-state index < -0.39 is 10.0 Å². The highest BCUT2D eigenvalue weighted by Crippen LogP contribution is 2.21. The van der Waals surface area contributed by atoms with Gasteiger partial charge in [0.25, 0.3) is 10.0 Å². The van der Waals surface area contributed by atoms with E-state index in [1.165, 1.54) is 30.5 Å². The van der Waals surface area contributed by atoms with Gasteiger partial charge in [0.15, 0.2) is 0 Å². The topological polar surface area (TPSA) is 67.8 Å². The van der Waals surface area contributed by atoms with Crippen LogP contribution in [0.2, 0.25) is 5.02 Å². The Kier molecular flexibility index (Phi) is 5.55. The first-order valence-electron chi connectivity index (χ1n) is 7.66. The molecular weight excluding hydrogens is 372 g/mol. The van der Waals surface area contributed by atoms with Crippen molar-refractivity contribution in [1.29, 1.82) is 0 Å². The molecule has 0 amide bonds. The number of hydrogen-bond acceptors (Lipinski definition) is 4. The summed E-state index contributed by atoms with van der Waals surface area (Å²) in [7, 11) is -3.74. The van der Waals surface area contributed by atoms with Gasteiger partial charge in [-0.15, -0.1) is 0 Å². The predicted octanol–water partition coefficient (Wildman–Crippen LogP) is 4.44. The average molecular weight is 387 g/mol. The highest BCUT2D eigenvalue weighted by Gasteiger charge is 2.11. The molecule has 3 aromatic rings. The molecule has 0 aliphatic heterocycles. The summed E-state index contributed by atoms with van der Waals surface area (Å²) in [5, 5.41) is 4.27. The van der Waals surface area contributed by atoms with E-state index in [1.807, 2.05) is 36.4 Å².